The number of rotatable bonds is 3. The number of fused-ring (bicyclic) bond motifs is 1. The number of aliphatic hydroxyl groups is 1. The summed E-state index contributed by atoms with van der Waals surface area (Å²) in [6.07, 6.45) is 7.24. The van der Waals surface area contributed by atoms with Gasteiger partial charge in [-0.1, -0.05) is 25.7 Å². The van der Waals surface area contributed by atoms with Crippen molar-refractivity contribution in [2.24, 2.45) is 0 Å². The molecule has 3 rings (SSSR count). The van der Waals surface area contributed by atoms with E-state index in [1.807, 2.05) is 17.8 Å². The summed E-state index contributed by atoms with van der Waals surface area (Å²) in [6.45, 7) is 0.392. The first-order chi connectivity index (χ1) is 10.2. The number of hydrogen-bond acceptors (Lipinski definition) is 4. The minimum Gasteiger partial charge on any atom is -0.388 e. The SMILES string of the molecule is O=C(NCC1(O)CCCCCC1)c1cc2c(s1)CCSC2. The second kappa shape index (κ2) is 6.71. The predicted molar refractivity (Wildman–Crippen MR) is 89.2 cm³/mol. The summed E-state index contributed by atoms with van der Waals surface area (Å²) in [5.41, 5.74) is 0.633. The van der Waals surface area contributed by atoms with Gasteiger partial charge in [0.25, 0.3) is 5.91 Å². The van der Waals surface area contributed by atoms with Crippen molar-refractivity contribution in [3.05, 3.63) is 21.4 Å². The van der Waals surface area contributed by atoms with Gasteiger partial charge in [0.05, 0.1) is 10.5 Å². The van der Waals surface area contributed by atoms with Gasteiger partial charge in [0.2, 0.25) is 0 Å². The van der Waals surface area contributed by atoms with Crippen LogP contribution in [0.1, 0.15) is 58.6 Å². The van der Waals surface area contributed by atoms with Gasteiger partial charge in [-0.3, -0.25) is 4.79 Å². The molecule has 0 aromatic carbocycles. The lowest BCUT2D eigenvalue weighted by Gasteiger charge is -2.26. The zero-order chi connectivity index (χ0) is 14.7. The van der Waals surface area contributed by atoms with Crippen LogP contribution in [0.25, 0.3) is 0 Å². The predicted octanol–water partition coefficient (Wildman–Crippen LogP) is 3.35. The van der Waals surface area contributed by atoms with Crippen molar-refractivity contribution in [2.75, 3.05) is 12.3 Å². The molecule has 1 saturated carbocycles. The standard InChI is InChI=1S/C16H23NO2S2/c18-15(14-9-12-10-20-8-5-13(12)21-14)17-11-16(19)6-3-1-2-4-7-16/h9,19H,1-8,10-11H2,(H,17,18). The molecule has 21 heavy (non-hydrogen) atoms. The van der Waals surface area contributed by atoms with Gasteiger partial charge >= 0.3 is 0 Å². The molecule has 116 valence electrons. The second-order valence-corrected chi connectivity index (χ2v) is 8.42. The first-order valence-electron chi connectivity index (χ1n) is 7.86. The van der Waals surface area contributed by atoms with E-state index in [9.17, 15) is 9.90 Å². The molecule has 2 heterocycles. The highest BCUT2D eigenvalue weighted by Gasteiger charge is 2.29. The maximum Gasteiger partial charge on any atom is 0.261 e. The fourth-order valence-corrected chi connectivity index (χ4v) is 5.44. The van der Waals surface area contributed by atoms with Crippen molar-refractivity contribution in [3.63, 3.8) is 0 Å². The van der Waals surface area contributed by atoms with E-state index >= 15 is 0 Å². The Morgan fingerprint density at radius 2 is 2.05 bits per heavy atom. The molecule has 1 aliphatic heterocycles. The molecule has 5 heteroatoms. The second-order valence-electron chi connectivity index (χ2n) is 6.18. The topological polar surface area (TPSA) is 49.3 Å². The van der Waals surface area contributed by atoms with Crippen LogP contribution in [0.2, 0.25) is 0 Å². The molecule has 3 nitrogen and oxygen atoms in total. The normalized spacial score (nSPS) is 21.4. The Hall–Kier alpha value is -0.520. The average molecular weight is 325 g/mol. The van der Waals surface area contributed by atoms with Crippen LogP contribution in [0.4, 0.5) is 0 Å². The Balaban J connectivity index is 1.59. The molecule has 2 aliphatic rings. The zero-order valence-electron chi connectivity index (χ0n) is 12.3. The van der Waals surface area contributed by atoms with Crippen molar-refractivity contribution in [1.29, 1.82) is 0 Å². The Bertz CT molecular complexity index is 481. The van der Waals surface area contributed by atoms with E-state index in [2.05, 4.69) is 5.32 Å². The number of carbonyl (C=O) groups excluding carboxylic acids is 1. The molecule has 1 aromatic heterocycles. The molecule has 1 aromatic rings. The minimum absolute atomic E-state index is 0.0166. The summed E-state index contributed by atoms with van der Waals surface area (Å²) >= 11 is 3.56. The van der Waals surface area contributed by atoms with E-state index in [1.165, 1.54) is 23.3 Å². The van der Waals surface area contributed by atoms with Crippen LogP contribution in [0.5, 0.6) is 0 Å². The van der Waals surface area contributed by atoms with E-state index in [1.54, 1.807) is 11.3 Å². The van der Waals surface area contributed by atoms with Crippen molar-refractivity contribution in [2.45, 2.75) is 56.3 Å². The fraction of sp³-hybridized carbons (Fsp3) is 0.688. The number of hydrogen-bond donors (Lipinski definition) is 2. The smallest absolute Gasteiger partial charge is 0.261 e. The summed E-state index contributed by atoms with van der Waals surface area (Å²) in [5.74, 6) is 2.18. The maximum absolute atomic E-state index is 12.3. The summed E-state index contributed by atoms with van der Waals surface area (Å²) in [6, 6.07) is 2.04. The highest BCUT2D eigenvalue weighted by Crippen LogP contribution is 2.32. The fourth-order valence-electron chi connectivity index (χ4n) is 3.15. The van der Waals surface area contributed by atoms with Crippen LogP contribution in [0, 0.1) is 0 Å². The van der Waals surface area contributed by atoms with Crippen LogP contribution < -0.4 is 5.32 Å². The molecule has 2 N–H and O–H groups in total. The van der Waals surface area contributed by atoms with Crippen LogP contribution in [0.3, 0.4) is 0 Å². The van der Waals surface area contributed by atoms with E-state index in [0.717, 1.165) is 48.5 Å². The molecule has 0 unspecified atom stereocenters. The van der Waals surface area contributed by atoms with Crippen LogP contribution in [0.15, 0.2) is 6.07 Å². The summed E-state index contributed by atoms with van der Waals surface area (Å²) in [4.78, 5) is 14.5. The van der Waals surface area contributed by atoms with Gasteiger partial charge in [-0.15, -0.1) is 11.3 Å². The Morgan fingerprint density at radius 3 is 2.76 bits per heavy atom. The van der Waals surface area contributed by atoms with Gasteiger partial charge in [-0.2, -0.15) is 11.8 Å². The van der Waals surface area contributed by atoms with E-state index in [4.69, 9.17) is 0 Å². The molecule has 0 saturated heterocycles. The third-order valence-corrected chi connectivity index (χ3v) is 6.71. The van der Waals surface area contributed by atoms with Gasteiger partial charge in [0, 0.05) is 17.2 Å². The highest BCUT2D eigenvalue weighted by atomic mass is 32.2. The molecule has 0 atom stereocenters. The Labute approximate surface area is 134 Å². The summed E-state index contributed by atoms with van der Waals surface area (Å²) < 4.78 is 0. The monoisotopic (exact) mass is 325 g/mol. The van der Waals surface area contributed by atoms with Crippen LogP contribution in [-0.2, 0) is 12.2 Å². The molecule has 0 radical (unpaired) electrons. The molecule has 1 amide bonds. The lowest BCUT2D eigenvalue weighted by Crippen LogP contribution is -2.42. The third kappa shape index (κ3) is 3.82. The number of nitrogens with one attached hydrogen (secondary N) is 1. The summed E-state index contributed by atoms with van der Waals surface area (Å²) in [5, 5.41) is 13.6. The number of carbonyl (C=O) groups is 1. The molecular weight excluding hydrogens is 302 g/mol. The van der Waals surface area contributed by atoms with Crippen molar-refractivity contribution in [3.8, 4) is 0 Å². The molecule has 0 bridgehead atoms. The van der Waals surface area contributed by atoms with E-state index in [0.29, 0.717) is 6.54 Å². The molecular formula is C16H23NO2S2. The molecule has 1 aliphatic carbocycles. The third-order valence-electron chi connectivity index (χ3n) is 4.46. The lowest BCUT2D eigenvalue weighted by molar-refractivity contribution is 0.0247. The number of thioether (sulfide) groups is 1. The average Bonchev–Trinajstić information content (AvgIpc) is 2.81. The Morgan fingerprint density at radius 1 is 1.29 bits per heavy atom. The van der Waals surface area contributed by atoms with Crippen LogP contribution in [-0.4, -0.2) is 28.9 Å². The van der Waals surface area contributed by atoms with Crippen molar-refractivity contribution >= 4 is 29.0 Å². The maximum atomic E-state index is 12.3. The Kier molecular flexibility index (Phi) is 4.92. The first kappa shape index (κ1) is 15.4. The zero-order valence-corrected chi connectivity index (χ0v) is 14.0. The first-order valence-corrected chi connectivity index (χ1v) is 9.83. The van der Waals surface area contributed by atoms with Crippen molar-refractivity contribution < 1.29 is 9.90 Å². The van der Waals surface area contributed by atoms with Gasteiger partial charge in [0.15, 0.2) is 0 Å². The minimum atomic E-state index is -0.696. The molecule has 0 spiro atoms. The van der Waals surface area contributed by atoms with Crippen molar-refractivity contribution in [1.82, 2.24) is 5.32 Å². The lowest BCUT2D eigenvalue weighted by atomic mass is 9.94. The van der Waals surface area contributed by atoms with E-state index in [-0.39, 0.29) is 5.91 Å². The highest BCUT2D eigenvalue weighted by molar-refractivity contribution is 7.98. The van der Waals surface area contributed by atoms with Crippen LogP contribution >= 0.6 is 23.1 Å². The summed E-state index contributed by atoms with van der Waals surface area (Å²) in [7, 11) is 0. The quantitative estimate of drug-likeness (QED) is 0.838. The number of aryl methyl sites for hydroxylation is 1. The number of thiophene rings is 1. The van der Waals surface area contributed by atoms with Gasteiger partial charge in [-0.25, -0.2) is 0 Å². The molecule has 1 fully saturated rings. The van der Waals surface area contributed by atoms with E-state index < -0.39 is 5.60 Å². The van der Waals surface area contributed by atoms with Gasteiger partial charge in [-0.05, 0) is 36.6 Å². The van der Waals surface area contributed by atoms with Gasteiger partial charge in [0.1, 0.15) is 0 Å². The largest absolute Gasteiger partial charge is 0.388 e. The van der Waals surface area contributed by atoms with Gasteiger partial charge < -0.3 is 10.4 Å². The number of amides is 1.